The lowest BCUT2D eigenvalue weighted by molar-refractivity contribution is -0.137. The van der Waals surface area contributed by atoms with E-state index in [2.05, 4.69) is 17.8 Å². The van der Waals surface area contributed by atoms with Gasteiger partial charge in [0.1, 0.15) is 6.04 Å². The second-order valence-corrected chi connectivity index (χ2v) is 2.96. The quantitative estimate of drug-likeness (QED) is 0.200. The van der Waals surface area contributed by atoms with E-state index in [-0.39, 0.29) is 0 Å². The highest BCUT2D eigenvalue weighted by Crippen LogP contribution is 1.93. The van der Waals surface area contributed by atoms with Crippen LogP contribution >= 0.6 is 0 Å². The van der Waals surface area contributed by atoms with E-state index >= 15 is 0 Å². The molecule has 0 fully saturated rings. The Morgan fingerprint density at radius 3 is 2.56 bits per heavy atom. The van der Waals surface area contributed by atoms with Crippen LogP contribution in [0, 0.1) is 12.8 Å². The van der Waals surface area contributed by atoms with Crippen molar-refractivity contribution in [1.29, 1.82) is 0 Å². The lowest BCUT2D eigenvalue weighted by Gasteiger charge is -1.97. The lowest BCUT2D eigenvalue weighted by atomic mass is 10.2. The number of carbonyl (C=O) groups is 1. The maximum atomic E-state index is 10.3. The van der Waals surface area contributed by atoms with E-state index in [1.54, 1.807) is 13.0 Å². The summed E-state index contributed by atoms with van der Waals surface area (Å²) in [7, 11) is 0. The van der Waals surface area contributed by atoms with Crippen molar-refractivity contribution in [2.45, 2.75) is 25.8 Å². The van der Waals surface area contributed by atoms with Crippen LogP contribution in [0.2, 0.25) is 0 Å². The molecule has 0 unspecified atom stereocenters. The average Bonchev–Trinajstić information content (AvgIpc) is 2.25. The molecule has 0 aliphatic heterocycles. The number of amidine groups is 1. The van der Waals surface area contributed by atoms with Gasteiger partial charge < -0.3 is 16.6 Å². The normalized spacial score (nSPS) is 12.9. The van der Waals surface area contributed by atoms with Crippen molar-refractivity contribution in [1.82, 2.24) is 0 Å². The Balaban J connectivity index is 0. The molecule has 0 aromatic carbocycles. The lowest BCUT2D eigenvalue weighted by Crippen LogP contribution is -2.27. The molecular weight excluding hydrogens is 206 g/mol. The molecule has 5 N–H and O–H groups in total. The Hall–Kier alpha value is -1.80. The number of aliphatic imine (C=N–C) groups is 1. The molecule has 0 rings (SSSR count). The number of unbranched alkanes of at least 4 members (excludes halogenated alkanes) is 1. The monoisotopic (exact) mass is 225 g/mol. The average molecular weight is 225 g/mol. The van der Waals surface area contributed by atoms with Crippen molar-refractivity contribution in [3.8, 4) is 12.8 Å². The number of hydrogen-bond donors (Lipinski definition) is 3. The van der Waals surface area contributed by atoms with Crippen LogP contribution in [0.25, 0.3) is 0 Å². The fraction of sp³-hybridized carbons (Fsp3) is 0.455. The first-order valence-electron chi connectivity index (χ1n) is 4.79. The van der Waals surface area contributed by atoms with Crippen LogP contribution in [0.4, 0.5) is 0 Å². The molecular formula is C11H19N3O2. The van der Waals surface area contributed by atoms with E-state index in [1.807, 2.05) is 0 Å². The van der Waals surface area contributed by atoms with Crippen molar-refractivity contribution in [2.75, 3.05) is 6.54 Å². The van der Waals surface area contributed by atoms with Crippen molar-refractivity contribution in [3.05, 3.63) is 12.2 Å². The molecule has 0 radical (unpaired) electrons. The first-order chi connectivity index (χ1) is 7.54. The number of hydrogen-bond acceptors (Lipinski definition) is 3. The molecule has 0 saturated heterocycles. The first kappa shape index (κ1) is 16.6. The van der Waals surface area contributed by atoms with E-state index in [4.69, 9.17) is 16.6 Å². The molecule has 0 aromatic heterocycles. The van der Waals surface area contributed by atoms with Crippen LogP contribution in [0.3, 0.4) is 0 Å². The molecule has 0 aromatic rings. The number of nitrogens with zero attached hydrogens (tertiary/aromatic N) is 1. The Kier molecular flexibility index (Phi) is 11.7. The Morgan fingerprint density at radius 1 is 1.56 bits per heavy atom. The SMILES string of the molecule is C#C.CC(N)=NCCC/C=C\[C@H](N)C(=O)O. The third-order valence-corrected chi connectivity index (χ3v) is 1.52. The molecule has 1 atom stereocenters. The van der Waals surface area contributed by atoms with Crippen LogP contribution in [0.1, 0.15) is 19.8 Å². The van der Waals surface area contributed by atoms with Crippen LogP contribution in [-0.2, 0) is 4.79 Å². The number of terminal acetylenes is 1. The molecule has 5 heteroatoms. The highest BCUT2D eigenvalue weighted by atomic mass is 16.4. The Labute approximate surface area is 96.2 Å². The maximum absolute atomic E-state index is 10.3. The van der Waals surface area contributed by atoms with Crippen molar-refractivity contribution >= 4 is 11.8 Å². The number of aliphatic carboxylic acids is 1. The summed E-state index contributed by atoms with van der Waals surface area (Å²) in [5.74, 6) is -0.451. The standard InChI is InChI=1S/C9H17N3O2.C2H2/c1-7(10)12-6-4-2-3-5-8(11)9(13)14;1-2/h3,5,8H,2,4,6,11H2,1H3,(H2,10,12)(H,13,14);1-2H/b5-3-;/t8-;/m0./s1. The minimum absolute atomic E-state index is 0.566. The zero-order valence-corrected chi connectivity index (χ0v) is 9.47. The molecule has 0 aliphatic carbocycles. The van der Waals surface area contributed by atoms with Crippen LogP contribution < -0.4 is 11.5 Å². The molecule has 5 nitrogen and oxygen atoms in total. The zero-order chi connectivity index (χ0) is 13.0. The first-order valence-corrected chi connectivity index (χ1v) is 4.79. The van der Waals surface area contributed by atoms with E-state index in [0.29, 0.717) is 12.4 Å². The van der Waals surface area contributed by atoms with Gasteiger partial charge in [0.15, 0.2) is 0 Å². The van der Waals surface area contributed by atoms with Crippen molar-refractivity contribution in [2.24, 2.45) is 16.5 Å². The van der Waals surface area contributed by atoms with Gasteiger partial charge in [-0.2, -0.15) is 0 Å². The predicted molar refractivity (Wildman–Crippen MR) is 66.0 cm³/mol. The molecule has 0 bridgehead atoms. The van der Waals surface area contributed by atoms with Gasteiger partial charge in [0.2, 0.25) is 0 Å². The maximum Gasteiger partial charge on any atom is 0.324 e. The number of nitrogens with two attached hydrogens (primary N) is 2. The molecule has 0 saturated carbocycles. The Bertz CT molecular complexity index is 266. The number of allylic oxidation sites excluding steroid dienone is 1. The predicted octanol–water partition coefficient (Wildman–Crippen LogP) is 0.361. The fourth-order valence-corrected chi connectivity index (χ4v) is 0.790. The van der Waals surface area contributed by atoms with E-state index in [0.717, 1.165) is 12.8 Å². The molecule has 16 heavy (non-hydrogen) atoms. The number of rotatable bonds is 6. The summed E-state index contributed by atoms with van der Waals surface area (Å²) >= 11 is 0. The van der Waals surface area contributed by atoms with Gasteiger partial charge in [-0.3, -0.25) is 9.79 Å². The van der Waals surface area contributed by atoms with Gasteiger partial charge in [-0.1, -0.05) is 12.2 Å². The number of carboxylic acids is 1. The number of carboxylic acid groups (broad SMARTS) is 1. The van der Waals surface area contributed by atoms with Crippen LogP contribution in [0.15, 0.2) is 17.1 Å². The second kappa shape index (κ2) is 11.3. The third-order valence-electron chi connectivity index (χ3n) is 1.52. The molecule has 0 amide bonds. The third kappa shape index (κ3) is 12.2. The molecule has 0 heterocycles. The molecule has 90 valence electrons. The highest BCUT2D eigenvalue weighted by Gasteiger charge is 2.04. The largest absolute Gasteiger partial charge is 0.480 e. The van der Waals surface area contributed by atoms with E-state index < -0.39 is 12.0 Å². The molecule has 0 spiro atoms. The van der Waals surface area contributed by atoms with E-state index in [1.165, 1.54) is 6.08 Å². The van der Waals surface area contributed by atoms with Gasteiger partial charge in [0.05, 0.1) is 5.84 Å². The Morgan fingerprint density at radius 2 is 2.12 bits per heavy atom. The molecule has 0 aliphatic rings. The van der Waals surface area contributed by atoms with E-state index in [9.17, 15) is 4.79 Å². The van der Waals surface area contributed by atoms with Crippen molar-refractivity contribution < 1.29 is 9.90 Å². The minimum Gasteiger partial charge on any atom is -0.480 e. The minimum atomic E-state index is -1.02. The topological polar surface area (TPSA) is 102 Å². The summed E-state index contributed by atoms with van der Waals surface area (Å²) < 4.78 is 0. The van der Waals surface area contributed by atoms with Crippen LogP contribution in [-0.4, -0.2) is 29.5 Å². The van der Waals surface area contributed by atoms with Gasteiger partial charge >= 0.3 is 5.97 Å². The second-order valence-electron chi connectivity index (χ2n) is 2.96. The summed E-state index contributed by atoms with van der Waals surface area (Å²) in [6.07, 6.45) is 12.8. The smallest absolute Gasteiger partial charge is 0.324 e. The summed E-state index contributed by atoms with van der Waals surface area (Å²) in [5, 5.41) is 8.44. The highest BCUT2D eigenvalue weighted by molar-refractivity contribution is 5.77. The van der Waals surface area contributed by atoms with Gasteiger partial charge in [-0.05, 0) is 19.8 Å². The van der Waals surface area contributed by atoms with Gasteiger partial charge in [0, 0.05) is 6.54 Å². The fourth-order valence-electron chi connectivity index (χ4n) is 0.790. The summed E-state index contributed by atoms with van der Waals surface area (Å²) in [6.45, 7) is 2.39. The van der Waals surface area contributed by atoms with Gasteiger partial charge in [-0.25, -0.2) is 0 Å². The van der Waals surface area contributed by atoms with Crippen LogP contribution in [0.5, 0.6) is 0 Å². The summed E-state index contributed by atoms with van der Waals surface area (Å²) in [4.78, 5) is 14.3. The summed E-state index contributed by atoms with van der Waals surface area (Å²) in [6, 6.07) is -0.908. The zero-order valence-electron chi connectivity index (χ0n) is 9.47. The van der Waals surface area contributed by atoms with Crippen molar-refractivity contribution in [3.63, 3.8) is 0 Å². The van der Waals surface area contributed by atoms with Gasteiger partial charge in [-0.15, -0.1) is 12.8 Å². The summed E-state index contributed by atoms with van der Waals surface area (Å²) in [5.41, 5.74) is 10.6. The van der Waals surface area contributed by atoms with Gasteiger partial charge in [0.25, 0.3) is 0 Å².